The summed E-state index contributed by atoms with van der Waals surface area (Å²) in [4.78, 5) is 41.8. The Labute approximate surface area is 361 Å². The first-order valence-corrected chi connectivity index (χ1v) is 23.7. The van der Waals surface area contributed by atoms with Gasteiger partial charge in [0, 0.05) is 73.5 Å². The standard InChI is InChI=1S/C49H70N2O10/c1-30(54)25-32-9-7-10-33-26-37-38(47(29-53)17-5-6-18-47)28-59-45-39(56)15-14-36(43(37)45)44(33)48(20-22-50-23-21-48)41(27-40(60-31(2)55)35(32)12-8-24-52)61-46(58)49-19-4-3-11-34(49)13-16-42(57)51-49/h14-15,30,32-35,37-38,40-41,44,50,52-54,56H,3-6,8-9,11-13,16-29H2,1-2H3,(H,51,57). The number of ether oxygens (including phenoxy) is 3. The van der Waals surface area contributed by atoms with E-state index in [1.54, 1.807) is 13.0 Å². The van der Waals surface area contributed by atoms with E-state index >= 15 is 4.79 Å². The van der Waals surface area contributed by atoms with Crippen LogP contribution in [0.15, 0.2) is 12.1 Å². The molecular formula is C49H70N2O10. The third kappa shape index (κ3) is 8.31. The fraction of sp³-hybridized carbons (Fsp3) is 0.776. The first-order chi connectivity index (χ1) is 29.4. The van der Waals surface area contributed by atoms with E-state index in [2.05, 4.69) is 22.5 Å². The quantitative estimate of drug-likeness (QED) is 0.124. The van der Waals surface area contributed by atoms with Crippen LogP contribution in [0.3, 0.4) is 0 Å². The number of rotatable bonds is 10. The van der Waals surface area contributed by atoms with E-state index in [9.17, 15) is 30.0 Å². The number of piperidine rings is 2. The molecule has 61 heavy (non-hydrogen) atoms. The molecule has 336 valence electrons. The molecule has 3 heterocycles. The number of amides is 1. The van der Waals surface area contributed by atoms with Crippen molar-refractivity contribution in [2.75, 3.05) is 32.9 Å². The molecule has 6 N–H and O–H groups in total. The number of phenolic OH excluding ortho intramolecular Hbond substituents is 1. The van der Waals surface area contributed by atoms with Gasteiger partial charge in [0.05, 0.1) is 12.7 Å². The lowest BCUT2D eigenvalue weighted by molar-refractivity contribution is -0.183. The zero-order valence-electron chi connectivity index (χ0n) is 36.4. The number of hydrogen-bond acceptors (Lipinski definition) is 11. The second-order valence-electron chi connectivity index (χ2n) is 20.1. The Morgan fingerprint density at radius 1 is 1.02 bits per heavy atom. The number of hydrogen-bond donors (Lipinski definition) is 6. The number of fused-ring (bicyclic) bond motifs is 4. The van der Waals surface area contributed by atoms with Crippen LogP contribution in [0.4, 0.5) is 0 Å². The number of carbonyl (C=O) groups excluding carboxylic acids is 3. The first-order valence-electron chi connectivity index (χ1n) is 23.7. The van der Waals surface area contributed by atoms with Crippen LogP contribution < -0.4 is 15.4 Å². The molecule has 8 rings (SSSR count). The van der Waals surface area contributed by atoms with Crippen molar-refractivity contribution in [2.24, 2.45) is 40.4 Å². The number of nitrogens with one attached hydrogen (secondary N) is 2. The molecule has 12 nitrogen and oxygen atoms in total. The summed E-state index contributed by atoms with van der Waals surface area (Å²) in [5.74, 6) is 6.05. The van der Waals surface area contributed by atoms with Crippen LogP contribution in [0.2, 0.25) is 0 Å². The van der Waals surface area contributed by atoms with E-state index in [1.165, 1.54) is 6.92 Å². The monoisotopic (exact) mass is 847 g/mol. The highest BCUT2D eigenvalue weighted by Gasteiger charge is 2.60. The maximum absolute atomic E-state index is 15.3. The molecule has 2 saturated heterocycles. The Morgan fingerprint density at radius 2 is 1.79 bits per heavy atom. The van der Waals surface area contributed by atoms with Crippen molar-refractivity contribution < 1.29 is 49.0 Å². The van der Waals surface area contributed by atoms with Gasteiger partial charge in [-0.05, 0) is 126 Å². The van der Waals surface area contributed by atoms with Crippen LogP contribution >= 0.6 is 0 Å². The molecule has 11 atom stereocenters. The summed E-state index contributed by atoms with van der Waals surface area (Å²) in [6, 6.07) is 3.77. The number of benzene rings is 1. The summed E-state index contributed by atoms with van der Waals surface area (Å²) in [6.07, 6.45) is 9.87. The average Bonchev–Trinajstić information content (AvgIpc) is 3.74. The molecular weight excluding hydrogens is 777 g/mol. The van der Waals surface area contributed by atoms with Gasteiger partial charge in [0.15, 0.2) is 11.5 Å². The van der Waals surface area contributed by atoms with Crippen molar-refractivity contribution in [3.05, 3.63) is 23.3 Å². The van der Waals surface area contributed by atoms with Gasteiger partial charge in [0.25, 0.3) is 0 Å². The molecule has 4 fully saturated rings. The van der Waals surface area contributed by atoms with E-state index in [4.69, 9.17) is 14.2 Å². The van der Waals surface area contributed by atoms with Crippen molar-refractivity contribution in [3.8, 4) is 23.3 Å². The molecule has 1 amide bonds. The van der Waals surface area contributed by atoms with Gasteiger partial charge in [-0.1, -0.05) is 37.7 Å². The van der Waals surface area contributed by atoms with E-state index in [0.29, 0.717) is 89.7 Å². The molecule has 0 bridgehead atoms. The highest BCUT2D eigenvalue weighted by Crippen LogP contribution is 2.65. The highest BCUT2D eigenvalue weighted by molar-refractivity contribution is 5.90. The van der Waals surface area contributed by atoms with E-state index in [-0.39, 0.29) is 78.1 Å². The predicted octanol–water partition coefficient (Wildman–Crippen LogP) is 5.77. The third-order valence-electron chi connectivity index (χ3n) is 16.8. The summed E-state index contributed by atoms with van der Waals surface area (Å²) in [5.41, 5.74) is -0.169. The van der Waals surface area contributed by atoms with Gasteiger partial charge >= 0.3 is 11.9 Å². The fourth-order valence-electron chi connectivity index (χ4n) is 14.0. The molecule has 1 aromatic carbocycles. The van der Waals surface area contributed by atoms with Gasteiger partial charge in [-0.15, -0.1) is 5.92 Å². The highest BCUT2D eigenvalue weighted by atomic mass is 16.6. The van der Waals surface area contributed by atoms with Crippen molar-refractivity contribution in [3.63, 3.8) is 0 Å². The van der Waals surface area contributed by atoms with Crippen LogP contribution in [0, 0.1) is 52.3 Å². The lowest BCUT2D eigenvalue weighted by atomic mass is 9.51. The predicted molar refractivity (Wildman–Crippen MR) is 227 cm³/mol. The van der Waals surface area contributed by atoms with Gasteiger partial charge in [-0.2, -0.15) is 0 Å². The zero-order valence-corrected chi connectivity index (χ0v) is 36.4. The number of aliphatic hydroxyl groups is 3. The van der Waals surface area contributed by atoms with Crippen molar-refractivity contribution >= 4 is 17.8 Å². The van der Waals surface area contributed by atoms with Crippen LogP contribution in [0.25, 0.3) is 0 Å². The minimum absolute atomic E-state index is 0.0167. The molecule has 12 heteroatoms. The van der Waals surface area contributed by atoms with Gasteiger partial charge in [0.1, 0.15) is 17.7 Å². The van der Waals surface area contributed by atoms with Crippen molar-refractivity contribution in [2.45, 2.75) is 165 Å². The summed E-state index contributed by atoms with van der Waals surface area (Å²) in [6.45, 7) is 4.90. The first kappa shape index (κ1) is 44.2. The van der Waals surface area contributed by atoms with E-state index in [0.717, 1.165) is 56.1 Å². The largest absolute Gasteiger partial charge is 0.504 e. The molecule has 0 radical (unpaired) electrons. The minimum atomic E-state index is -1.15. The van der Waals surface area contributed by atoms with Crippen LogP contribution in [-0.4, -0.2) is 95.0 Å². The third-order valence-corrected chi connectivity index (χ3v) is 16.8. The molecule has 7 aliphatic rings. The van der Waals surface area contributed by atoms with E-state index in [1.807, 2.05) is 6.07 Å². The number of carbonyl (C=O) groups is 3. The second-order valence-corrected chi connectivity index (χ2v) is 20.1. The summed E-state index contributed by atoms with van der Waals surface area (Å²) in [7, 11) is 0. The lowest BCUT2D eigenvalue weighted by Crippen LogP contribution is -2.65. The lowest BCUT2D eigenvalue weighted by Gasteiger charge is -2.56. The Kier molecular flexibility index (Phi) is 13.3. The van der Waals surface area contributed by atoms with Crippen molar-refractivity contribution in [1.82, 2.24) is 10.6 Å². The van der Waals surface area contributed by atoms with Gasteiger partial charge in [0.2, 0.25) is 5.91 Å². The molecule has 3 aliphatic heterocycles. The zero-order chi connectivity index (χ0) is 42.9. The number of aliphatic hydroxyl groups excluding tert-OH is 3. The summed E-state index contributed by atoms with van der Waals surface area (Å²) < 4.78 is 20.1. The van der Waals surface area contributed by atoms with Crippen LogP contribution in [0.1, 0.15) is 152 Å². The topological polar surface area (TPSA) is 184 Å². The fourth-order valence-corrected chi connectivity index (χ4v) is 14.0. The Bertz CT molecular complexity index is 1830. The Balaban J connectivity index is 1.33. The summed E-state index contributed by atoms with van der Waals surface area (Å²) in [5, 5.41) is 50.4. The molecule has 4 aliphatic carbocycles. The number of phenols is 1. The molecule has 0 aromatic heterocycles. The number of aromatic hydroxyl groups is 1. The average molecular weight is 847 g/mol. The SMILES string of the molecule is CC(=O)OC1CC(OC(=O)C23CCCCC2CCC(=O)N3)C2(CCNCC2)C2c3ccc(O)c4c3C(CC2C#CCC(CC(C)O)C1CCCO)C(C1(CO)CCCC1)CO4. The second kappa shape index (κ2) is 18.4. The van der Waals surface area contributed by atoms with Crippen molar-refractivity contribution in [1.29, 1.82) is 0 Å². The normalized spacial score (nSPS) is 35.6. The van der Waals surface area contributed by atoms with E-state index < -0.39 is 41.2 Å². The molecule has 11 unspecified atom stereocenters. The maximum Gasteiger partial charge on any atom is 0.332 e. The molecule has 1 spiro atoms. The number of esters is 2. The maximum atomic E-state index is 15.3. The summed E-state index contributed by atoms with van der Waals surface area (Å²) >= 11 is 0. The Hall–Kier alpha value is -3.37. The minimum Gasteiger partial charge on any atom is -0.504 e. The smallest absolute Gasteiger partial charge is 0.332 e. The van der Waals surface area contributed by atoms with Gasteiger partial charge < -0.3 is 45.3 Å². The van der Waals surface area contributed by atoms with Gasteiger partial charge in [-0.3, -0.25) is 9.59 Å². The molecule has 2 saturated carbocycles. The Morgan fingerprint density at radius 3 is 2.51 bits per heavy atom. The van der Waals surface area contributed by atoms with Crippen LogP contribution in [0.5, 0.6) is 11.5 Å². The van der Waals surface area contributed by atoms with Crippen LogP contribution in [-0.2, 0) is 23.9 Å². The van der Waals surface area contributed by atoms with Gasteiger partial charge in [-0.25, -0.2) is 4.79 Å². The molecule has 1 aromatic rings.